The Bertz CT molecular complexity index is 554. The number of nitrogens with zero attached hydrogens (tertiary/aromatic N) is 1. The lowest BCUT2D eigenvalue weighted by Crippen LogP contribution is -1.99. The number of rotatable bonds is 7. The van der Waals surface area contributed by atoms with Gasteiger partial charge < -0.3 is 10.1 Å². The van der Waals surface area contributed by atoms with Crippen LogP contribution < -0.4 is 0 Å². The molecule has 2 aromatic rings. The predicted molar refractivity (Wildman–Crippen MR) is 86.4 cm³/mol. The van der Waals surface area contributed by atoms with Crippen molar-refractivity contribution in [2.75, 3.05) is 0 Å². The molecule has 1 aromatic carbocycles. The van der Waals surface area contributed by atoms with Crippen molar-refractivity contribution in [1.29, 1.82) is 0 Å². The summed E-state index contributed by atoms with van der Waals surface area (Å²) in [6.45, 7) is 6.28. The summed E-state index contributed by atoms with van der Waals surface area (Å²) < 4.78 is 0. The quantitative estimate of drug-likeness (QED) is 0.750. The van der Waals surface area contributed by atoms with E-state index in [2.05, 4.69) is 42.0 Å². The highest BCUT2D eigenvalue weighted by Gasteiger charge is 2.10. The number of aliphatic hydroxyl groups is 1. The molecule has 0 fully saturated rings. The number of hydrogen-bond donors (Lipinski definition) is 2. The smallest absolute Gasteiger partial charge is 0.103 e. The van der Waals surface area contributed by atoms with E-state index >= 15 is 0 Å². The largest absolute Gasteiger partial charge is 0.387 e. The van der Waals surface area contributed by atoms with Gasteiger partial charge in [-0.3, -0.25) is 0 Å². The van der Waals surface area contributed by atoms with E-state index in [0.29, 0.717) is 0 Å². The van der Waals surface area contributed by atoms with Crippen molar-refractivity contribution in [3.8, 4) is 0 Å². The number of aliphatic hydroxyl groups excluding tert-OH is 1. The first-order valence-electron chi connectivity index (χ1n) is 7.83. The van der Waals surface area contributed by atoms with E-state index in [1.54, 1.807) is 6.20 Å². The van der Waals surface area contributed by atoms with Crippen LogP contribution in [0.4, 0.5) is 0 Å². The molecule has 114 valence electrons. The molecule has 1 heterocycles. The summed E-state index contributed by atoms with van der Waals surface area (Å²) in [7, 11) is 0. The molecular weight excluding hydrogens is 260 g/mol. The minimum absolute atomic E-state index is 0.435. The van der Waals surface area contributed by atoms with Crippen LogP contribution in [0.3, 0.4) is 0 Å². The Morgan fingerprint density at radius 1 is 1.10 bits per heavy atom. The third-order valence-electron chi connectivity index (χ3n) is 4.12. The van der Waals surface area contributed by atoms with Gasteiger partial charge in [0.05, 0.1) is 11.8 Å². The van der Waals surface area contributed by atoms with Gasteiger partial charge in [0.15, 0.2) is 0 Å². The minimum Gasteiger partial charge on any atom is -0.387 e. The molecule has 0 bridgehead atoms. The maximum atomic E-state index is 10.1. The lowest BCUT2D eigenvalue weighted by atomic mass is 9.97. The van der Waals surface area contributed by atoms with Crippen molar-refractivity contribution in [2.45, 2.75) is 59.0 Å². The first kappa shape index (κ1) is 15.8. The van der Waals surface area contributed by atoms with Crippen LogP contribution in [-0.2, 0) is 6.42 Å². The van der Waals surface area contributed by atoms with Gasteiger partial charge in [0.1, 0.15) is 5.82 Å². The number of aryl methyl sites for hydroxylation is 3. The zero-order valence-electron chi connectivity index (χ0n) is 13.3. The average molecular weight is 286 g/mol. The SMILES string of the molecule is Cc1nc(C(O)CCCCCc2c(C)cccc2C)c[nH]1. The molecule has 1 unspecified atom stereocenters. The van der Waals surface area contributed by atoms with Crippen LogP contribution in [0.2, 0.25) is 0 Å². The van der Waals surface area contributed by atoms with Gasteiger partial charge in [0.25, 0.3) is 0 Å². The van der Waals surface area contributed by atoms with Crippen LogP contribution in [0.25, 0.3) is 0 Å². The Labute approximate surface area is 127 Å². The number of H-pyrrole nitrogens is 1. The van der Waals surface area contributed by atoms with E-state index in [4.69, 9.17) is 0 Å². The van der Waals surface area contributed by atoms with E-state index in [-0.39, 0.29) is 0 Å². The van der Waals surface area contributed by atoms with E-state index < -0.39 is 6.10 Å². The maximum Gasteiger partial charge on any atom is 0.103 e. The summed E-state index contributed by atoms with van der Waals surface area (Å²) in [4.78, 5) is 7.29. The molecule has 0 spiro atoms. The fourth-order valence-electron chi connectivity index (χ4n) is 2.81. The minimum atomic E-state index is -0.435. The Morgan fingerprint density at radius 2 is 1.81 bits per heavy atom. The predicted octanol–water partition coefficient (Wildman–Crippen LogP) is 4.17. The summed E-state index contributed by atoms with van der Waals surface area (Å²) in [5, 5.41) is 10.1. The standard InChI is InChI=1S/C18H26N2O/c1-13-8-7-9-14(2)16(13)10-5-4-6-11-18(21)17-12-19-15(3)20-17/h7-9,12,18,21H,4-6,10-11H2,1-3H3,(H,19,20). The van der Waals surface area contributed by atoms with Crippen molar-refractivity contribution in [2.24, 2.45) is 0 Å². The number of unbranched alkanes of at least 4 members (excludes halogenated alkanes) is 2. The second kappa shape index (κ2) is 7.41. The molecule has 0 aliphatic heterocycles. The highest BCUT2D eigenvalue weighted by Crippen LogP contribution is 2.20. The molecule has 2 rings (SSSR count). The summed E-state index contributed by atoms with van der Waals surface area (Å²) >= 11 is 0. The van der Waals surface area contributed by atoms with Crippen LogP contribution in [0, 0.1) is 20.8 Å². The third-order valence-corrected chi connectivity index (χ3v) is 4.12. The summed E-state index contributed by atoms with van der Waals surface area (Å²) in [5.74, 6) is 0.860. The number of aromatic nitrogens is 2. The first-order valence-corrected chi connectivity index (χ1v) is 7.83. The molecule has 3 heteroatoms. The number of imidazole rings is 1. The molecule has 0 radical (unpaired) electrons. The number of benzene rings is 1. The third kappa shape index (κ3) is 4.43. The van der Waals surface area contributed by atoms with Crippen LogP contribution in [0.5, 0.6) is 0 Å². The molecule has 3 nitrogen and oxygen atoms in total. The second-order valence-electron chi connectivity index (χ2n) is 5.90. The number of hydrogen-bond acceptors (Lipinski definition) is 2. The van der Waals surface area contributed by atoms with Crippen molar-refractivity contribution < 1.29 is 5.11 Å². The molecule has 0 saturated carbocycles. The zero-order valence-corrected chi connectivity index (χ0v) is 13.3. The molecule has 21 heavy (non-hydrogen) atoms. The monoisotopic (exact) mass is 286 g/mol. The van der Waals surface area contributed by atoms with Crippen molar-refractivity contribution >= 4 is 0 Å². The molecule has 1 atom stereocenters. The fraction of sp³-hybridized carbons (Fsp3) is 0.500. The average Bonchev–Trinajstić information content (AvgIpc) is 2.88. The number of aromatic amines is 1. The van der Waals surface area contributed by atoms with Crippen molar-refractivity contribution in [3.63, 3.8) is 0 Å². The topological polar surface area (TPSA) is 48.9 Å². The van der Waals surface area contributed by atoms with Gasteiger partial charge in [-0.25, -0.2) is 4.98 Å². The Kier molecular flexibility index (Phi) is 5.57. The molecule has 2 N–H and O–H groups in total. The molecule has 0 aliphatic rings. The summed E-state index contributed by atoms with van der Waals surface area (Å²) in [6, 6.07) is 6.49. The lowest BCUT2D eigenvalue weighted by molar-refractivity contribution is 0.159. The lowest BCUT2D eigenvalue weighted by Gasteiger charge is -2.10. The first-order chi connectivity index (χ1) is 10.1. The number of nitrogens with one attached hydrogen (secondary N) is 1. The highest BCUT2D eigenvalue weighted by atomic mass is 16.3. The normalized spacial score (nSPS) is 12.6. The fourth-order valence-corrected chi connectivity index (χ4v) is 2.81. The summed E-state index contributed by atoms with van der Waals surface area (Å²) in [6.07, 6.45) is 6.66. The van der Waals surface area contributed by atoms with Crippen LogP contribution >= 0.6 is 0 Å². The van der Waals surface area contributed by atoms with E-state index in [0.717, 1.165) is 37.2 Å². The van der Waals surface area contributed by atoms with E-state index in [1.165, 1.54) is 23.1 Å². The van der Waals surface area contributed by atoms with Gasteiger partial charge in [0, 0.05) is 6.20 Å². The second-order valence-corrected chi connectivity index (χ2v) is 5.90. The van der Waals surface area contributed by atoms with Gasteiger partial charge in [0.2, 0.25) is 0 Å². The Morgan fingerprint density at radius 3 is 2.43 bits per heavy atom. The van der Waals surface area contributed by atoms with Gasteiger partial charge in [-0.05, 0) is 56.7 Å². The highest BCUT2D eigenvalue weighted by molar-refractivity contribution is 5.33. The Hall–Kier alpha value is -1.61. The molecule has 0 amide bonds. The summed E-state index contributed by atoms with van der Waals surface area (Å²) in [5.41, 5.74) is 5.03. The molecular formula is C18H26N2O. The van der Waals surface area contributed by atoms with Gasteiger partial charge >= 0.3 is 0 Å². The van der Waals surface area contributed by atoms with Crippen LogP contribution in [0.1, 0.15) is 60.0 Å². The van der Waals surface area contributed by atoms with E-state index in [1.807, 2.05) is 6.92 Å². The zero-order chi connectivity index (χ0) is 15.2. The van der Waals surface area contributed by atoms with Gasteiger partial charge in [-0.2, -0.15) is 0 Å². The van der Waals surface area contributed by atoms with Crippen LogP contribution in [0.15, 0.2) is 24.4 Å². The molecule has 0 aliphatic carbocycles. The maximum absolute atomic E-state index is 10.1. The van der Waals surface area contributed by atoms with Gasteiger partial charge in [-0.15, -0.1) is 0 Å². The Balaban J connectivity index is 1.71. The molecule has 1 aromatic heterocycles. The van der Waals surface area contributed by atoms with Crippen molar-refractivity contribution in [3.05, 3.63) is 52.6 Å². The van der Waals surface area contributed by atoms with Crippen LogP contribution in [-0.4, -0.2) is 15.1 Å². The molecule has 0 saturated heterocycles. The van der Waals surface area contributed by atoms with Crippen molar-refractivity contribution in [1.82, 2.24) is 9.97 Å². The van der Waals surface area contributed by atoms with E-state index in [9.17, 15) is 5.11 Å². The van der Waals surface area contributed by atoms with Gasteiger partial charge in [-0.1, -0.05) is 31.0 Å².